The first-order chi connectivity index (χ1) is 12.8. The van der Waals surface area contributed by atoms with E-state index in [2.05, 4.69) is 4.72 Å². The van der Waals surface area contributed by atoms with Crippen LogP contribution in [0.15, 0.2) is 81.9 Å². The van der Waals surface area contributed by atoms with E-state index in [1.54, 1.807) is 35.7 Å². The molecule has 0 amide bonds. The summed E-state index contributed by atoms with van der Waals surface area (Å²) in [6.07, 6.45) is 0. The van der Waals surface area contributed by atoms with Crippen molar-refractivity contribution in [1.82, 2.24) is 4.72 Å². The SMILES string of the molecule is O=S(=O)(NC[C@H](c1cccs1)S(=O)(=O)c1ccc(F)cc1)c1ccccc1. The summed E-state index contributed by atoms with van der Waals surface area (Å²) >= 11 is 1.21. The first-order valence-electron chi connectivity index (χ1n) is 7.88. The summed E-state index contributed by atoms with van der Waals surface area (Å²) < 4.78 is 66.5. The highest BCUT2D eigenvalue weighted by atomic mass is 32.2. The first-order valence-corrected chi connectivity index (χ1v) is 11.8. The lowest BCUT2D eigenvalue weighted by Crippen LogP contribution is -2.31. The average molecular weight is 426 g/mol. The Morgan fingerprint density at radius 2 is 1.52 bits per heavy atom. The van der Waals surface area contributed by atoms with Crippen molar-refractivity contribution in [3.05, 3.63) is 82.8 Å². The Morgan fingerprint density at radius 1 is 0.852 bits per heavy atom. The van der Waals surface area contributed by atoms with E-state index in [1.165, 1.54) is 35.6 Å². The summed E-state index contributed by atoms with van der Waals surface area (Å²) in [5.74, 6) is -0.550. The van der Waals surface area contributed by atoms with Crippen molar-refractivity contribution in [3.63, 3.8) is 0 Å². The standard InChI is InChI=1S/C18H16FNO4S3/c19-14-8-10-15(11-9-14)26(21,22)18(17-7-4-12-25-17)13-20-27(23,24)16-5-2-1-3-6-16/h1-12,18,20H,13H2/t18-/m1/s1. The normalized spacial score (nSPS) is 13.4. The highest BCUT2D eigenvalue weighted by Crippen LogP contribution is 2.31. The van der Waals surface area contributed by atoms with Crippen molar-refractivity contribution in [3.8, 4) is 0 Å². The highest BCUT2D eigenvalue weighted by molar-refractivity contribution is 7.92. The molecule has 27 heavy (non-hydrogen) atoms. The number of rotatable bonds is 7. The fourth-order valence-corrected chi connectivity index (χ4v) is 6.45. The van der Waals surface area contributed by atoms with E-state index in [4.69, 9.17) is 0 Å². The van der Waals surface area contributed by atoms with Gasteiger partial charge in [0.1, 0.15) is 11.1 Å². The van der Waals surface area contributed by atoms with Gasteiger partial charge in [-0.15, -0.1) is 11.3 Å². The molecular weight excluding hydrogens is 409 g/mol. The molecule has 142 valence electrons. The molecule has 1 atom stereocenters. The number of hydrogen-bond donors (Lipinski definition) is 1. The monoisotopic (exact) mass is 425 g/mol. The number of benzene rings is 2. The molecule has 9 heteroatoms. The Hall–Kier alpha value is -2.07. The zero-order valence-corrected chi connectivity index (χ0v) is 16.4. The predicted octanol–water partition coefficient (Wildman–Crippen LogP) is 3.38. The third-order valence-electron chi connectivity index (χ3n) is 3.89. The lowest BCUT2D eigenvalue weighted by atomic mass is 10.3. The molecule has 0 spiro atoms. The summed E-state index contributed by atoms with van der Waals surface area (Å²) in [5, 5.41) is 0.593. The molecule has 0 aliphatic carbocycles. The molecule has 1 aromatic heterocycles. The molecule has 0 aliphatic rings. The fourth-order valence-electron chi connectivity index (χ4n) is 2.49. The molecule has 0 aliphatic heterocycles. The molecule has 3 rings (SSSR count). The number of sulfonamides is 1. The van der Waals surface area contributed by atoms with Crippen LogP contribution in [0.5, 0.6) is 0 Å². The van der Waals surface area contributed by atoms with Gasteiger partial charge in [-0.2, -0.15) is 0 Å². The van der Waals surface area contributed by atoms with Crippen molar-refractivity contribution in [2.24, 2.45) is 0 Å². The second-order valence-electron chi connectivity index (χ2n) is 5.67. The van der Waals surface area contributed by atoms with Crippen LogP contribution < -0.4 is 4.72 Å². The lowest BCUT2D eigenvalue weighted by molar-refractivity contribution is 0.569. The minimum absolute atomic E-state index is 0.0501. The van der Waals surface area contributed by atoms with Gasteiger partial charge < -0.3 is 0 Å². The lowest BCUT2D eigenvalue weighted by Gasteiger charge is -2.17. The van der Waals surface area contributed by atoms with Gasteiger partial charge in [-0.05, 0) is 47.8 Å². The summed E-state index contributed by atoms with van der Waals surface area (Å²) in [6.45, 7) is -0.336. The molecule has 1 heterocycles. The maximum absolute atomic E-state index is 13.2. The van der Waals surface area contributed by atoms with Crippen LogP contribution in [0, 0.1) is 5.82 Å². The fraction of sp³-hybridized carbons (Fsp3) is 0.111. The largest absolute Gasteiger partial charge is 0.240 e. The van der Waals surface area contributed by atoms with E-state index in [-0.39, 0.29) is 16.3 Å². The zero-order chi connectivity index (χ0) is 19.5. The third kappa shape index (κ3) is 4.44. The summed E-state index contributed by atoms with van der Waals surface area (Å²) in [5.41, 5.74) is 0. The van der Waals surface area contributed by atoms with Gasteiger partial charge in [0.15, 0.2) is 9.84 Å². The van der Waals surface area contributed by atoms with Gasteiger partial charge in [0.25, 0.3) is 0 Å². The molecule has 3 aromatic rings. The van der Waals surface area contributed by atoms with Crippen LogP contribution in [0.1, 0.15) is 10.1 Å². The van der Waals surface area contributed by atoms with Gasteiger partial charge >= 0.3 is 0 Å². The van der Waals surface area contributed by atoms with Crippen LogP contribution in [0.3, 0.4) is 0 Å². The summed E-state index contributed by atoms with van der Waals surface area (Å²) in [7, 11) is -7.79. The van der Waals surface area contributed by atoms with Crippen molar-refractivity contribution in [1.29, 1.82) is 0 Å². The number of thiophene rings is 1. The van der Waals surface area contributed by atoms with Crippen molar-refractivity contribution in [2.75, 3.05) is 6.54 Å². The van der Waals surface area contributed by atoms with E-state index in [0.29, 0.717) is 4.88 Å². The average Bonchev–Trinajstić information content (AvgIpc) is 3.17. The molecule has 2 aromatic carbocycles. The van der Waals surface area contributed by atoms with E-state index in [1.807, 2.05) is 0 Å². The second kappa shape index (κ2) is 7.89. The van der Waals surface area contributed by atoms with E-state index < -0.39 is 30.9 Å². The molecule has 0 saturated carbocycles. The molecule has 0 fully saturated rings. The number of halogens is 1. The van der Waals surface area contributed by atoms with Crippen LogP contribution in [-0.4, -0.2) is 23.4 Å². The summed E-state index contributed by atoms with van der Waals surface area (Å²) in [4.78, 5) is 0.477. The minimum atomic E-state index is -3.93. The molecule has 0 bridgehead atoms. The smallest absolute Gasteiger partial charge is 0.223 e. The molecule has 0 radical (unpaired) electrons. The third-order valence-corrected chi connectivity index (χ3v) is 8.56. The van der Waals surface area contributed by atoms with Crippen LogP contribution in [0.25, 0.3) is 0 Å². The topological polar surface area (TPSA) is 80.3 Å². The number of hydrogen-bond acceptors (Lipinski definition) is 5. The Bertz CT molecular complexity index is 1100. The molecule has 1 N–H and O–H groups in total. The second-order valence-corrected chi connectivity index (χ2v) is 10.5. The van der Waals surface area contributed by atoms with Gasteiger partial charge in [0, 0.05) is 11.4 Å². The minimum Gasteiger partial charge on any atom is -0.223 e. The quantitative estimate of drug-likeness (QED) is 0.589. The van der Waals surface area contributed by atoms with Gasteiger partial charge in [-0.3, -0.25) is 0 Å². The zero-order valence-electron chi connectivity index (χ0n) is 13.9. The van der Waals surface area contributed by atoms with Gasteiger partial charge in [-0.25, -0.2) is 25.9 Å². The van der Waals surface area contributed by atoms with E-state index in [0.717, 1.165) is 12.1 Å². The first kappa shape index (κ1) is 19.7. The summed E-state index contributed by atoms with van der Waals surface area (Å²) in [6, 6.07) is 15.5. The van der Waals surface area contributed by atoms with Crippen LogP contribution in [0.4, 0.5) is 4.39 Å². The number of nitrogens with one attached hydrogen (secondary N) is 1. The highest BCUT2D eigenvalue weighted by Gasteiger charge is 2.31. The van der Waals surface area contributed by atoms with E-state index in [9.17, 15) is 21.2 Å². The number of sulfone groups is 1. The molecule has 0 unspecified atom stereocenters. The molecular formula is C18H16FNO4S3. The van der Waals surface area contributed by atoms with Gasteiger partial charge in [0.05, 0.1) is 9.79 Å². The Labute approximate surface area is 161 Å². The van der Waals surface area contributed by atoms with Gasteiger partial charge in [-0.1, -0.05) is 24.3 Å². The van der Waals surface area contributed by atoms with Crippen molar-refractivity contribution < 1.29 is 21.2 Å². The Kier molecular flexibility index (Phi) is 5.75. The van der Waals surface area contributed by atoms with E-state index >= 15 is 0 Å². The Balaban J connectivity index is 1.92. The van der Waals surface area contributed by atoms with Crippen molar-refractivity contribution >= 4 is 31.2 Å². The predicted molar refractivity (Wildman–Crippen MR) is 102 cm³/mol. The van der Waals surface area contributed by atoms with Gasteiger partial charge in [0.2, 0.25) is 10.0 Å². The molecule has 0 saturated heterocycles. The Morgan fingerprint density at radius 3 is 2.11 bits per heavy atom. The van der Waals surface area contributed by atoms with Crippen LogP contribution in [0.2, 0.25) is 0 Å². The maximum atomic E-state index is 13.2. The van der Waals surface area contributed by atoms with Crippen LogP contribution >= 0.6 is 11.3 Å². The van der Waals surface area contributed by atoms with Crippen molar-refractivity contribution in [2.45, 2.75) is 15.0 Å². The maximum Gasteiger partial charge on any atom is 0.240 e. The van der Waals surface area contributed by atoms with Crippen LogP contribution in [-0.2, 0) is 19.9 Å². The molecule has 5 nitrogen and oxygen atoms in total.